The number of ether oxygens (including phenoxy) is 3. The molecule has 0 spiro atoms. The molecular weight excluding hydrogens is 280 g/mol. The molecule has 2 aromatic carbocycles. The van der Waals surface area contributed by atoms with Crippen molar-refractivity contribution >= 4 is 5.78 Å². The number of Topliss-reactive ketones (excluding diaryl/α,β-unsaturated/α-hetero) is 1. The van der Waals surface area contributed by atoms with Crippen LogP contribution in [0.15, 0.2) is 48.5 Å². The van der Waals surface area contributed by atoms with Gasteiger partial charge >= 0.3 is 0 Å². The van der Waals surface area contributed by atoms with Gasteiger partial charge in [-0.25, -0.2) is 0 Å². The molecule has 0 amide bonds. The second-order valence-corrected chi connectivity index (χ2v) is 5.55. The molecular formula is C18H16O4. The minimum atomic E-state index is -1.02. The lowest BCUT2D eigenvalue weighted by atomic mass is 9.82. The molecule has 0 unspecified atom stereocenters. The molecule has 1 fully saturated rings. The largest absolute Gasteiger partial charge is 0.497 e. The van der Waals surface area contributed by atoms with Gasteiger partial charge in [0.25, 0.3) is 5.79 Å². The first-order valence-corrected chi connectivity index (χ1v) is 7.34. The highest BCUT2D eigenvalue weighted by Gasteiger charge is 2.79. The Balaban J connectivity index is 1.88. The van der Waals surface area contributed by atoms with E-state index in [4.69, 9.17) is 14.2 Å². The quantitative estimate of drug-likeness (QED) is 0.815. The molecule has 2 aliphatic heterocycles. The van der Waals surface area contributed by atoms with Crippen molar-refractivity contribution in [2.45, 2.75) is 24.7 Å². The highest BCUT2D eigenvalue weighted by atomic mass is 16.8. The van der Waals surface area contributed by atoms with E-state index in [1.165, 1.54) is 0 Å². The fourth-order valence-electron chi connectivity index (χ4n) is 3.28. The van der Waals surface area contributed by atoms with Crippen molar-refractivity contribution in [1.82, 2.24) is 0 Å². The van der Waals surface area contributed by atoms with Crippen LogP contribution < -0.4 is 9.47 Å². The van der Waals surface area contributed by atoms with Crippen LogP contribution in [0.3, 0.4) is 0 Å². The lowest BCUT2D eigenvalue weighted by molar-refractivity contribution is 0.0546. The molecule has 1 saturated heterocycles. The number of hydrogen-bond donors (Lipinski definition) is 0. The maximum absolute atomic E-state index is 13.1. The summed E-state index contributed by atoms with van der Waals surface area (Å²) >= 11 is 0. The van der Waals surface area contributed by atoms with Gasteiger partial charge in [-0.15, -0.1) is 0 Å². The van der Waals surface area contributed by atoms with Gasteiger partial charge in [0.15, 0.2) is 0 Å². The predicted octanol–water partition coefficient (Wildman–Crippen LogP) is 3.30. The summed E-state index contributed by atoms with van der Waals surface area (Å²) in [6, 6.07) is 14.8. The summed E-state index contributed by atoms with van der Waals surface area (Å²) in [4.78, 5) is 13.1. The average molecular weight is 296 g/mol. The van der Waals surface area contributed by atoms with Gasteiger partial charge in [0.05, 0.1) is 12.7 Å². The van der Waals surface area contributed by atoms with E-state index in [1.807, 2.05) is 37.3 Å². The van der Waals surface area contributed by atoms with Crippen molar-refractivity contribution < 1.29 is 19.0 Å². The number of epoxide rings is 1. The summed E-state index contributed by atoms with van der Waals surface area (Å²) in [5.41, 5.74) is 0.347. The molecule has 2 aromatic rings. The molecule has 0 N–H and O–H groups in total. The van der Waals surface area contributed by atoms with E-state index in [0.29, 0.717) is 23.5 Å². The summed E-state index contributed by atoms with van der Waals surface area (Å²) in [6.45, 7) is 1.96. The number of fused-ring (bicyclic) bond motifs is 2. The lowest BCUT2D eigenvalue weighted by Crippen LogP contribution is -2.40. The van der Waals surface area contributed by atoms with Gasteiger partial charge in [0.1, 0.15) is 11.5 Å². The van der Waals surface area contributed by atoms with Crippen LogP contribution in [0, 0.1) is 0 Å². The van der Waals surface area contributed by atoms with E-state index >= 15 is 0 Å². The first kappa shape index (κ1) is 13.3. The Hall–Kier alpha value is -2.33. The minimum Gasteiger partial charge on any atom is -0.497 e. The third-order valence-corrected chi connectivity index (χ3v) is 4.49. The van der Waals surface area contributed by atoms with Gasteiger partial charge in [0.2, 0.25) is 11.4 Å². The van der Waals surface area contributed by atoms with Crippen LogP contribution in [0.4, 0.5) is 0 Å². The predicted molar refractivity (Wildman–Crippen MR) is 80.2 cm³/mol. The maximum atomic E-state index is 13.1. The van der Waals surface area contributed by atoms with Gasteiger partial charge in [-0.1, -0.05) is 37.3 Å². The molecule has 4 rings (SSSR count). The normalized spacial score (nSPS) is 28.4. The first-order valence-electron chi connectivity index (χ1n) is 7.34. The number of ketones is 1. The summed E-state index contributed by atoms with van der Waals surface area (Å²) in [5, 5.41) is 0. The molecule has 2 heterocycles. The zero-order valence-corrected chi connectivity index (χ0v) is 12.5. The van der Waals surface area contributed by atoms with Crippen molar-refractivity contribution in [2.24, 2.45) is 0 Å². The molecule has 0 radical (unpaired) electrons. The Morgan fingerprint density at radius 1 is 1.14 bits per heavy atom. The summed E-state index contributed by atoms with van der Waals surface area (Å²) in [5.74, 6) is 0.218. The maximum Gasteiger partial charge on any atom is 0.253 e. The van der Waals surface area contributed by atoms with Crippen molar-refractivity contribution in [3.05, 3.63) is 59.7 Å². The number of methoxy groups -OCH3 is 1. The third-order valence-electron chi connectivity index (χ3n) is 4.49. The number of hydrogen-bond acceptors (Lipinski definition) is 4. The number of benzene rings is 2. The van der Waals surface area contributed by atoms with Crippen LogP contribution >= 0.6 is 0 Å². The highest BCUT2D eigenvalue weighted by molar-refractivity contribution is 6.09. The smallest absolute Gasteiger partial charge is 0.253 e. The van der Waals surface area contributed by atoms with Gasteiger partial charge in [-0.3, -0.25) is 4.79 Å². The molecule has 2 atom stereocenters. The fraction of sp³-hybridized carbons (Fsp3) is 0.278. The first-order chi connectivity index (χ1) is 10.7. The van der Waals surface area contributed by atoms with Crippen LogP contribution in [0.2, 0.25) is 0 Å². The zero-order valence-electron chi connectivity index (χ0n) is 12.5. The highest BCUT2D eigenvalue weighted by Crippen LogP contribution is 2.63. The minimum absolute atomic E-state index is 0.0514. The molecule has 2 aliphatic rings. The monoisotopic (exact) mass is 296 g/mol. The van der Waals surface area contributed by atoms with E-state index in [2.05, 4.69) is 0 Å². The molecule has 22 heavy (non-hydrogen) atoms. The van der Waals surface area contributed by atoms with Gasteiger partial charge in [0, 0.05) is 12.5 Å². The zero-order chi connectivity index (χ0) is 15.4. The summed E-state index contributed by atoms with van der Waals surface area (Å²) in [6.07, 6.45) is 0.588. The molecule has 0 aromatic heterocycles. The van der Waals surface area contributed by atoms with Gasteiger partial charge in [-0.05, 0) is 17.7 Å². The van der Waals surface area contributed by atoms with E-state index < -0.39 is 11.4 Å². The van der Waals surface area contributed by atoms with Crippen LogP contribution in [0.25, 0.3) is 0 Å². The molecule has 4 nitrogen and oxygen atoms in total. The van der Waals surface area contributed by atoms with E-state index in [9.17, 15) is 4.79 Å². The summed E-state index contributed by atoms with van der Waals surface area (Å²) < 4.78 is 17.2. The van der Waals surface area contributed by atoms with Crippen LogP contribution in [-0.2, 0) is 10.3 Å². The van der Waals surface area contributed by atoms with Crippen LogP contribution in [0.1, 0.15) is 29.3 Å². The Kier molecular flexibility index (Phi) is 2.63. The van der Waals surface area contributed by atoms with Gasteiger partial charge in [-0.2, -0.15) is 0 Å². The SMILES string of the molecule is CC[C@@]12Oc3cc(OC)ccc3C(=O)[C@]1(c1ccccc1)O2. The fourth-order valence-corrected chi connectivity index (χ4v) is 3.28. The summed E-state index contributed by atoms with van der Waals surface area (Å²) in [7, 11) is 1.59. The number of rotatable bonds is 3. The Labute approximate surface area is 128 Å². The van der Waals surface area contributed by atoms with Crippen molar-refractivity contribution in [3.63, 3.8) is 0 Å². The van der Waals surface area contributed by atoms with E-state index in [0.717, 1.165) is 5.56 Å². The number of carbonyl (C=O) groups excluding carboxylic acids is 1. The Bertz CT molecular complexity index is 755. The second kappa shape index (κ2) is 4.34. The van der Waals surface area contributed by atoms with E-state index in [1.54, 1.807) is 25.3 Å². The molecule has 4 heteroatoms. The Morgan fingerprint density at radius 3 is 2.59 bits per heavy atom. The Morgan fingerprint density at radius 2 is 1.91 bits per heavy atom. The average Bonchev–Trinajstić information content (AvgIpc) is 3.26. The standard InChI is InChI=1S/C18H16O4/c1-3-17-18(22-17,12-7-5-4-6-8-12)16(19)14-10-9-13(20-2)11-15(14)21-17/h4-11H,3H2,1-2H3/t17-,18-/m0/s1. The number of carbonyl (C=O) groups is 1. The van der Waals surface area contributed by atoms with Crippen LogP contribution in [-0.4, -0.2) is 18.7 Å². The van der Waals surface area contributed by atoms with Crippen molar-refractivity contribution in [2.75, 3.05) is 7.11 Å². The van der Waals surface area contributed by atoms with Crippen molar-refractivity contribution in [3.8, 4) is 11.5 Å². The lowest BCUT2D eigenvalue weighted by Gasteiger charge is -2.26. The molecule has 0 saturated carbocycles. The van der Waals surface area contributed by atoms with E-state index in [-0.39, 0.29) is 5.78 Å². The third kappa shape index (κ3) is 1.48. The molecule has 112 valence electrons. The van der Waals surface area contributed by atoms with Gasteiger partial charge < -0.3 is 14.2 Å². The molecule has 0 bridgehead atoms. The van der Waals surface area contributed by atoms with Crippen LogP contribution in [0.5, 0.6) is 11.5 Å². The van der Waals surface area contributed by atoms with Crippen molar-refractivity contribution in [1.29, 1.82) is 0 Å². The molecule has 0 aliphatic carbocycles. The second-order valence-electron chi connectivity index (χ2n) is 5.55. The topological polar surface area (TPSA) is 48.1 Å².